The number of aliphatic hydroxyl groups excluding tert-OH is 1. The van der Waals surface area contributed by atoms with Crippen LogP contribution in [0.15, 0.2) is 54.9 Å². The minimum atomic E-state index is -1.57. The van der Waals surface area contributed by atoms with E-state index in [4.69, 9.17) is 16.3 Å². The Morgan fingerprint density at radius 3 is 2.90 bits per heavy atom. The van der Waals surface area contributed by atoms with Gasteiger partial charge < -0.3 is 20.3 Å². The van der Waals surface area contributed by atoms with Crippen LogP contribution in [0.4, 0.5) is 10.1 Å². The Bertz CT molecular complexity index is 1030. The standard InChI is InChI=1S/C22H20ClFN2O3/c23-19-4-2-15(24)10-18(19)13-1-3-16-14(6-8-29-21(16)9-13)11-26-20-12-25-7-5-17(20)22(27)28/h1-5,7,9-10,12,14,22,26-28H,6,8,11H2/t14-/m0/s1. The average molecular weight is 415 g/mol. The molecule has 3 aromatic rings. The van der Waals surface area contributed by atoms with Crippen molar-refractivity contribution in [1.82, 2.24) is 4.98 Å². The van der Waals surface area contributed by atoms with Crippen LogP contribution in [-0.4, -0.2) is 28.3 Å². The summed E-state index contributed by atoms with van der Waals surface area (Å²) in [6.07, 6.45) is 2.34. The molecule has 2 heterocycles. The third-order valence-corrected chi connectivity index (χ3v) is 5.42. The van der Waals surface area contributed by atoms with Gasteiger partial charge in [0.25, 0.3) is 0 Å². The molecule has 4 rings (SSSR count). The molecule has 5 nitrogen and oxygen atoms in total. The summed E-state index contributed by atoms with van der Waals surface area (Å²) in [5.74, 6) is 0.567. The first-order chi connectivity index (χ1) is 14.0. The molecule has 0 unspecified atom stereocenters. The van der Waals surface area contributed by atoms with Crippen LogP contribution in [0, 0.1) is 5.82 Å². The van der Waals surface area contributed by atoms with Crippen LogP contribution in [0.2, 0.25) is 5.02 Å². The van der Waals surface area contributed by atoms with E-state index in [1.807, 2.05) is 18.2 Å². The molecule has 0 radical (unpaired) electrons. The highest BCUT2D eigenvalue weighted by atomic mass is 35.5. The number of nitrogens with one attached hydrogen (secondary N) is 1. The normalized spacial score (nSPS) is 15.7. The van der Waals surface area contributed by atoms with Gasteiger partial charge in [-0.15, -0.1) is 0 Å². The second kappa shape index (κ2) is 8.37. The van der Waals surface area contributed by atoms with Gasteiger partial charge in [-0.05, 0) is 47.9 Å². The van der Waals surface area contributed by atoms with Gasteiger partial charge in [0, 0.05) is 34.8 Å². The van der Waals surface area contributed by atoms with E-state index in [0.29, 0.717) is 35.0 Å². The lowest BCUT2D eigenvalue weighted by Gasteiger charge is -2.27. The molecule has 0 amide bonds. The van der Waals surface area contributed by atoms with E-state index < -0.39 is 6.29 Å². The smallest absolute Gasteiger partial charge is 0.180 e. The average Bonchev–Trinajstić information content (AvgIpc) is 2.73. The molecule has 1 aliphatic heterocycles. The van der Waals surface area contributed by atoms with Crippen LogP contribution in [0.5, 0.6) is 5.75 Å². The number of rotatable bonds is 5. The van der Waals surface area contributed by atoms with Crippen LogP contribution >= 0.6 is 11.6 Å². The molecule has 150 valence electrons. The molecule has 3 N–H and O–H groups in total. The topological polar surface area (TPSA) is 74.6 Å². The monoisotopic (exact) mass is 414 g/mol. The molecular formula is C22H20ClFN2O3. The molecule has 1 aromatic heterocycles. The molecule has 2 aromatic carbocycles. The lowest BCUT2D eigenvalue weighted by Crippen LogP contribution is -2.21. The fourth-order valence-electron chi connectivity index (χ4n) is 3.57. The van der Waals surface area contributed by atoms with Crippen molar-refractivity contribution >= 4 is 17.3 Å². The van der Waals surface area contributed by atoms with Gasteiger partial charge in [-0.1, -0.05) is 23.7 Å². The van der Waals surface area contributed by atoms with E-state index >= 15 is 0 Å². The molecule has 1 aliphatic rings. The van der Waals surface area contributed by atoms with Gasteiger partial charge >= 0.3 is 0 Å². The fourth-order valence-corrected chi connectivity index (χ4v) is 3.80. The summed E-state index contributed by atoms with van der Waals surface area (Å²) in [7, 11) is 0. The van der Waals surface area contributed by atoms with Gasteiger partial charge in [0.05, 0.1) is 18.5 Å². The van der Waals surface area contributed by atoms with Crippen LogP contribution in [0.25, 0.3) is 11.1 Å². The number of fused-ring (bicyclic) bond motifs is 1. The Morgan fingerprint density at radius 2 is 2.07 bits per heavy atom. The van der Waals surface area contributed by atoms with Gasteiger partial charge in [-0.2, -0.15) is 0 Å². The Morgan fingerprint density at radius 1 is 1.21 bits per heavy atom. The third kappa shape index (κ3) is 4.19. The molecule has 0 aliphatic carbocycles. The Kier molecular flexibility index (Phi) is 5.67. The van der Waals surface area contributed by atoms with Gasteiger partial charge in [0.15, 0.2) is 6.29 Å². The summed E-state index contributed by atoms with van der Waals surface area (Å²) in [4.78, 5) is 4.04. The highest BCUT2D eigenvalue weighted by Crippen LogP contribution is 2.38. The quantitative estimate of drug-likeness (QED) is 0.536. The zero-order valence-electron chi connectivity index (χ0n) is 15.5. The molecule has 7 heteroatoms. The lowest BCUT2D eigenvalue weighted by molar-refractivity contribution is -0.0419. The fraction of sp³-hybridized carbons (Fsp3) is 0.227. The summed E-state index contributed by atoms with van der Waals surface area (Å²) >= 11 is 6.24. The highest BCUT2D eigenvalue weighted by molar-refractivity contribution is 6.33. The minimum absolute atomic E-state index is 0.166. The van der Waals surface area contributed by atoms with Crippen molar-refractivity contribution in [3.63, 3.8) is 0 Å². The SMILES string of the molecule is OC(O)c1ccncc1NC[C@@H]1CCOc2cc(-c3cc(F)ccc3Cl)ccc21. The summed E-state index contributed by atoms with van der Waals surface area (Å²) in [5, 5.41) is 22.8. The number of pyridine rings is 1. The summed E-state index contributed by atoms with van der Waals surface area (Å²) in [5.41, 5.74) is 3.41. The highest BCUT2D eigenvalue weighted by Gasteiger charge is 2.23. The first-order valence-electron chi connectivity index (χ1n) is 9.29. The molecule has 0 saturated carbocycles. The maximum atomic E-state index is 13.6. The number of nitrogens with zero attached hydrogens (tertiary/aromatic N) is 1. The number of aliphatic hydroxyl groups is 2. The molecule has 0 fully saturated rings. The second-order valence-electron chi connectivity index (χ2n) is 6.93. The van der Waals surface area contributed by atoms with Crippen LogP contribution in [0.3, 0.4) is 0 Å². The third-order valence-electron chi connectivity index (χ3n) is 5.09. The van der Waals surface area contributed by atoms with E-state index in [9.17, 15) is 14.6 Å². The number of benzene rings is 2. The van der Waals surface area contributed by atoms with Crippen molar-refractivity contribution in [3.05, 3.63) is 76.8 Å². The van der Waals surface area contributed by atoms with E-state index in [-0.39, 0.29) is 11.7 Å². The molecule has 29 heavy (non-hydrogen) atoms. The number of ether oxygens (including phenoxy) is 1. The Labute approximate surface area is 172 Å². The maximum Gasteiger partial charge on any atom is 0.180 e. The van der Waals surface area contributed by atoms with Crippen molar-refractivity contribution in [2.75, 3.05) is 18.5 Å². The number of aromatic nitrogens is 1. The van der Waals surface area contributed by atoms with Gasteiger partial charge in [0.1, 0.15) is 11.6 Å². The van der Waals surface area contributed by atoms with Gasteiger partial charge in [-0.3, -0.25) is 4.98 Å². The Balaban J connectivity index is 1.57. The van der Waals surface area contributed by atoms with Crippen LogP contribution in [-0.2, 0) is 0 Å². The Hall–Kier alpha value is -2.67. The van der Waals surface area contributed by atoms with Crippen molar-refractivity contribution in [3.8, 4) is 16.9 Å². The predicted octanol–water partition coefficient (Wildman–Crippen LogP) is 4.50. The molecular weight excluding hydrogens is 395 g/mol. The van der Waals surface area contributed by atoms with Crippen LogP contribution < -0.4 is 10.1 Å². The first kappa shape index (κ1) is 19.6. The second-order valence-corrected chi connectivity index (χ2v) is 7.34. The molecule has 0 bridgehead atoms. The summed E-state index contributed by atoms with van der Waals surface area (Å²) < 4.78 is 19.5. The first-order valence-corrected chi connectivity index (χ1v) is 9.67. The van der Waals surface area contributed by atoms with E-state index in [1.165, 1.54) is 18.3 Å². The summed E-state index contributed by atoms with van der Waals surface area (Å²) in [6, 6.07) is 11.6. The minimum Gasteiger partial charge on any atom is -0.493 e. The van der Waals surface area contributed by atoms with Gasteiger partial charge in [0.2, 0.25) is 0 Å². The van der Waals surface area contributed by atoms with Crippen molar-refractivity contribution < 1.29 is 19.3 Å². The number of hydrogen-bond acceptors (Lipinski definition) is 5. The molecule has 0 spiro atoms. The van der Waals surface area contributed by atoms with Crippen molar-refractivity contribution in [2.45, 2.75) is 18.6 Å². The number of anilines is 1. The predicted molar refractivity (Wildman–Crippen MR) is 110 cm³/mol. The zero-order chi connectivity index (χ0) is 20.4. The van der Waals surface area contributed by atoms with Crippen LogP contribution in [0.1, 0.15) is 29.8 Å². The lowest BCUT2D eigenvalue weighted by atomic mass is 9.91. The van der Waals surface area contributed by atoms with E-state index in [1.54, 1.807) is 18.3 Å². The van der Waals surface area contributed by atoms with Crippen molar-refractivity contribution in [2.24, 2.45) is 0 Å². The largest absolute Gasteiger partial charge is 0.493 e. The maximum absolute atomic E-state index is 13.6. The van der Waals surface area contributed by atoms with Gasteiger partial charge in [-0.25, -0.2) is 4.39 Å². The van der Waals surface area contributed by atoms with Crippen molar-refractivity contribution in [1.29, 1.82) is 0 Å². The molecule has 0 saturated heterocycles. The molecule has 1 atom stereocenters. The number of hydrogen-bond donors (Lipinski definition) is 3. The van der Waals surface area contributed by atoms with E-state index in [0.717, 1.165) is 23.3 Å². The number of halogens is 2. The van der Waals surface area contributed by atoms with E-state index in [2.05, 4.69) is 10.3 Å². The summed E-state index contributed by atoms with van der Waals surface area (Å²) in [6.45, 7) is 1.14. The zero-order valence-corrected chi connectivity index (χ0v) is 16.2.